The summed E-state index contributed by atoms with van der Waals surface area (Å²) in [6.07, 6.45) is 9.48. The minimum Gasteiger partial charge on any atom is -0.466 e. The van der Waals surface area contributed by atoms with Crippen molar-refractivity contribution in [2.45, 2.75) is 52.1 Å². The van der Waals surface area contributed by atoms with Crippen molar-refractivity contribution in [3.63, 3.8) is 0 Å². The highest BCUT2D eigenvalue weighted by molar-refractivity contribution is 5.69. The molecule has 1 aromatic heterocycles. The van der Waals surface area contributed by atoms with Crippen molar-refractivity contribution in [1.29, 1.82) is 0 Å². The van der Waals surface area contributed by atoms with Crippen LogP contribution in [-0.2, 0) is 27.3 Å². The van der Waals surface area contributed by atoms with Gasteiger partial charge in [0.25, 0.3) is 0 Å². The molecule has 146 valence electrons. The summed E-state index contributed by atoms with van der Waals surface area (Å²) in [5.74, 6) is 1.47. The lowest BCUT2D eigenvalue weighted by Crippen LogP contribution is -2.04. The second-order valence-corrected chi connectivity index (χ2v) is 6.40. The van der Waals surface area contributed by atoms with E-state index in [-0.39, 0.29) is 5.97 Å². The number of esters is 1. The molecule has 0 amide bonds. The molecule has 0 aliphatic carbocycles. The summed E-state index contributed by atoms with van der Waals surface area (Å²) < 4.78 is 16.3. The number of furan rings is 1. The number of allylic oxidation sites excluding steroid dienone is 1. The molecule has 0 saturated carbocycles. The number of unbranched alkanes of at least 4 members (excludes halogenated alkanes) is 3. The van der Waals surface area contributed by atoms with Gasteiger partial charge in [-0.15, -0.1) is 0 Å². The molecule has 0 atom stereocenters. The van der Waals surface area contributed by atoms with Crippen molar-refractivity contribution >= 4 is 12.0 Å². The van der Waals surface area contributed by atoms with E-state index in [1.807, 2.05) is 43.3 Å². The number of carbonyl (C=O) groups excluding carboxylic acids is 1. The third-order valence-electron chi connectivity index (χ3n) is 4.12. The molecule has 0 radical (unpaired) electrons. The van der Waals surface area contributed by atoms with Crippen LogP contribution in [0.5, 0.6) is 0 Å². The molecule has 1 heterocycles. The number of hydrogen-bond acceptors (Lipinski definition) is 4. The number of hydrogen-bond donors (Lipinski definition) is 0. The maximum atomic E-state index is 11.3. The van der Waals surface area contributed by atoms with Crippen LogP contribution in [0.25, 0.3) is 6.08 Å². The van der Waals surface area contributed by atoms with Gasteiger partial charge in [-0.1, -0.05) is 42.8 Å². The minimum atomic E-state index is -0.182. The zero-order chi connectivity index (χ0) is 19.2. The molecule has 0 fully saturated rings. The van der Waals surface area contributed by atoms with Crippen LogP contribution in [0.1, 0.15) is 56.1 Å². The number of ether oxygens (including phenoxy) is 2. The first-order valence-electron chi connectivity index (χ1n) is 9.80. The van der Waals surface area contributed by atoms with Crippen LogP contribution >= 0.6 is 0 Å². The highest BCUT2D eigenvalue weighted by Gasteiger charge is 2.05. The number of carbonyl (C=O) groups is 1. The average Bonchev–Trinajstić information content (AvgIpc) is 3.14. The van der Waals surface area contributed by atoms with E-state index in [1.54, 1.807) is 0 Å². The zero-order valence-corrected chi connectivity index (χ0v) is 16.2. The second-order valence-electron chi connectivity index (χ2n) is 6.40. The fourth-order valence-corrected chi connectivity index (χ4v) is 2.68. The largest absolute Gasteiger partial charge is 0.466 e. The van der Waals surface area contributed by atoms with Gasteiger partial charge in [0, 0.05) is 13.0 Å². The summed E-state index contributed by atoms with van der Waals surface area (Å²) in [5.41, 5.74) is 1.22. The van der Waals surface area contributed by atoms with E-state index in [2.05, 4.69) is 18.2 Å². The van der Waals surface area contributed by atoms with Crippen LogP contribution in [0.15, 0.2) is 53.0 Å². The molecule has 0 saturated heterocycles. The second kappa shape index (κ2) is 12.9. The summed E-state index contributed by atoms with van der Waals surface area (Å²) in [7, 11) is 0. The van der Waals surface area contributed by atoms with Gasteiger partial charge >= 0.3 is 5.97 Å². The summed E-state index contributed by atoms with van der Waals surface area (Å²) >= 11 is 0. The van der Waals surface area contributed by atoms with Crippen LogP contribution in [0.3, 0.4) is 0 Å². The number of benzene rings is 1. The topological polar surface area (TPSA) is 48.7 Å². The summed E-state index contributed by atoms with van der Waals surface area (Å²) in [4.78, 5) is 11.3. The van der Waals surface area contributed by atoms with Gasteiger partial charge in [0.05, 0.1) is 19.6 Å². The lowest BCUT2D eigenvalue weighted by atomic mass is 10.2. The SMILES string of the molecule is CCOC(=O)CCc1ccc(/C=C/CCCCCOCc2ccccc2)o1. The quantitative estimate of drug-likeness (QED) is 0.342. The molecule has 4 nitrogen and oxygen atoms in total. The Morgan fingerprint density at radius 1 is 1.07 bits per heavy atom. The Balaban J connectivity index is 1.50. The highest BCUT2D eigenvalue weighted by Crippen LogP contribution is 2.13. The van der Waals surface area contributed by atoms with E-state index >= 15 is 0 Å². The molecule has 0 aliphatic heterocycles. The first-order chi connectivity index (χ1) is 13.3. The fourth-order valence-electron chi connectivity index (χ4n) is 2.68. The zero-order valence-electron chi connectivity index (χ0n) is 16.2. The molecule has 2 rings (SSSR count). The molecule has 4 heteroatoms. The molecule has 0 N–H and O–H groups in total. The molecule has 0 aliphatic rings. The Morgan fingerprint density at radius 2 is 1.93 bits per heavy atom. The Kier molecular flexibility index (Phi) is 10.0. The molecular formula is C23H30O4. The molecule has 0 spiro atoms. The standard InChI is InChI=1S/C23H30O4/c1-2-26-23(24)17-16-22-15-14-21(27-22)13-9-4-3-5-10-18-25-19-20-11-7-6-8-12-20/h6-9,11-15H,2-5,10,16-19H2,1H3/b13-9+. The maximum absolute atomic E-state index is 11.3. The van der Waals surface area contributed by atoms with Crippen LogP contribution in [-0.4, -0.2) is 19.2 Å². The average molecular weight is 370 g/mol. The van der Waals surface area contributed by atoms with Gasteiger partial charge in [0.15, 0.2) is 0 Å². The van der Waals surface area contributed by atoms with Gasteiger partial charge in [-0.05, 0) is 50.0 Å². The van der Waals surface area contributed by atoms with Crippen molar-refractivity contribution in [2.75, 3.05) is 13.2 Å². The van der Waals surface area contributed by atoms with E-state index < -0.39 is 0 Å². The molecule has 27 heavy (non-hydrogen) atoms. The number of aryl methyl sites for hydroxylation is 1. The Hall–Kier alpha value is -2.33. The lowest BCUT2D eigenvalue weighted by Gasteiger charge is -2.03. The van der Waals surface area contributed by atoms with Gasteiger partial charge in [0.2, 0.25) is 0 Å². The van der Waals surface area contributed by atoms with Crippen LogP contribution in [0.2, 0.25) is 0 Å². The summed E-state index contributed by atoms with van der Waals surface area (Å²) in [6, 6.07) is 14.1. The minimum absolute atomic E-state index is 0.182. The van der Waals surface area contributed by atoms with Crippen molar-refractivity contribution in [3.05, 3.63) is 65.6 Å². The normalized spacial score (nSPS) is 11.1. The van der Waals surface area contributed by atoms with Crippen LogP contribution in [0, 0.1) is 0 Å². The van der Waals surface area contributed by atoms with E-state index in [1.165, 1.54) is 5.56 Å². The molecule has 0 bridgehead atoms. The molecule has 2 aromatic rings. The first-order valence-corrected chi connectivity index (χ1v) is 9.80. The van der Waals surface area contributed by atoms with Crippen molar-refractivity contribution in [2.24, 2.45) is 0 Å². The lowest BCUT2D eigenvalue weighted by molar-refractivity contribution is -0.143. The predicted octanol–water partition coefficient (Wildman–Crippen LogP) is 5.57. The van der Waals surface area contributed by atoms with E-state index in [0.29, 0.717) is 26.1 Å². The predicted molar refractivity (Wildman–Crippen MR) is 107 cm³/mol. The molecule has 1 aromatic carbocycles. The fraction of sp³-hybridized carbons (Fsp3) is 0.435. The Labute approximate surface area is 162 Å². The van der Waals surface area contributed by atoms with Crippen LogP contribution < -0.4 is 0 Å². The van der Waals surface area contributed by atoms with Crippen molar-refractivity contribution in [3.8, 4) is 0 Å². The molecule has 0 unspecified atom stereocenters. The molecular weight excluding hydrogens is 340 g/mol. The highest BCUT2D eigenvalue weighted by atomic mass is 16.5. The van der Waals surface area contributed by atoms with Crippen LogP contribution in [0.4, 0.5) is 0 Å². The third-order valence-corrected chi connectivity index (χ3v) is 4.12. The monoisotopic (exact) mass is 370 g/mol. The van der Waals surface area contributed by atoms with E-state index in [0.717, 1.165) is 43.8 Å². The smallest absolute Gasteiger partial charge is 0.306 e. The van der Waals surface area contributed by atoms with E-state index in [9.17, 15) is 4.79 Å². The first kappa shape index (κ1) is 21.0. The van der Waals surface area contributed by atoms with E-state index in [4.69, 9.17) is 13.9 Å². The van der Waals surface area contributed by atoms with Gasteiger partial charge in [-0.2, -0.15) is 0 Å². The van der Waals surface area contributed by atoms with Gasteiger partial charge in [-0.3, -0.25) is 4.79 Å². The summed E-state index contributed by atoms with van der Waals surface area (Å²) in [6.45, 7) is 3.73. The van der Waals surface area contributed by atoms with Gasteiger partial charge in [-0.25, -0.2) is 0 Å². The number of rotatable bonds is 13. The van der Waals surface area contributed by atoms with Crippen molar-refractivity contribution in [1.82, 2.24) is 0 Å². The Bertz CT molecular complexity index is 673. The van der Waals surface area contributed by atoms with Gasteiger partial charge in [0.1, 0.15) is 11.5 Å². The Morgan fingerprint density at radius 3 is 2.74 bits per heavy atom. The van der Waals surface area contributed by atoms with Crippen molar-refractivity contribution < 1.29 is 18.7 Å². The van der Waals surface area contributed by atoms with Gasteiger partial charge < -0.3 is 13.9 Å². The summed E-state index contributed by atoms with van der Waals surface area (Å²) in [5, 5.41) is 0. The maximum Gasteiger partial charge on any atom is 0.306 e. The third kappa shape index (κ3) is 9.25.